The topological polar surface area (TPSA) is 54.0 Å². The van der Waals surface area contributed by atoms with E-state index in [2.05, 4.69) is 19.9 Å². The van der Waals surface area contributed by atoms with Gasteiger partial charge >= 0.3 is 0 Å². The molecule has 6 rings (SSSR count). The third-order valence-corrected chi connectivity index (χ3v) is 9.42. The minimum Gasteiger partial charge on any atom is -0.347 e. The normalized spacial score (nSPS) is 48.4. The molecular weight excluding hydrogens is 356 g/mol. The van der Waals surface area contributed by atoms with Crippen LogP contribution in [0.1, 0.15) is 58.8 Å². The number of carbonyl (C=O) groups excluding carboxylic acids is 1. The van der Waals surface area contributed by atoms with Gasteiger partial charge in [0.2, 0.25) is 0 Å². The maximum Gasteiger partial charge on any atom is 0.174 e. The molecule has 2 aliphatic heterocycles. The first-order valence-electron chi connectivity index (χ1n) is 11.2. The predicted octanol–water partition coefficient (Wildman–Crippen LogP) is 3.61. The van der Waals surface area contributed by atoms with Crippen molar-refractivity contribution in [2.24, 2.45) is 28.6 Å². The van der Waals surface area contributed by atoms with Gasteiger partial charge in [-0.05, 0) is 36.5 Å². The fraction of sp³-hybridized carbons (Fsp3) is 0.870. The fourth-order valence-corrected chi connectivity index (χ4v) is 8.06. The first-order chi connectivity index (χ1) is 13.4. The lowest BCUT2D eigenvalue weighted by molar-refractivity contribution is -0.239. The van der Waals surface area contributed by atoms with Crippen LogP contribution in [0.15, 0.2) is 11.6 Å². The van der Waals surface area contributed by atoms with Crippen molar-refractivity contribution >= 4 is 5.78 Å². The van der Waals surface area contributed by atoms with Crippen molar-refractivity contribution in [2.45, 2.75) is 70.4 Å². The zero-order valence-corrected chi connectivity index (χ0v) is 17.1. The number of Topliss-reactive ketones (excluding diaryl/α,β-unsaturated/α-hetero) is 1. The van der Waals surface area contributed by atoms with Crippen molar-refractivity contribution in [1.29, 1.82) is 0 Å². The molecular formula is C23H32O5. The highest BCUT2D eigenvalue weighted by molar-refractivity contribution is 5.85. The van der Waals surface area contributed by atoms with Gasteiger partial charge in [0.1, 0.15) is 5.78 Å². The Morgan fingerprint density at radius 3 is 2.39 bits per heavy atom. The molecule has 5 heteroatoms. The smallest absolute Gasteiger partial charge is 0.174 e. The molecule has 5 atom stereocenters. The lowest BCUT2D eigenvalue weighted by Crippen LogP contribution is -2.59. The molecule has 0 radical (unpaired) electrons. The summed E-state index contributed by atoms with van der Waals surface area (Å²) in [7, 11) is 0. The third-order valence-electron chi connectivity index (χ3n) is 9.42. The number of ketones is 1. The molecule has 5 fully saturated rings. The summed E-state index contributed by atoms with van der Waals surface area (Å²) in [6, 6.07) is 0. The summed E-state index contributed by atoms with van der Waals surface area (Å²) >= 11 is 0. The number of hydrogen-bond donors (Lipinski definition) is 0. The van der Waals surface area contributed by atoms with Gasteiger partial charge in [0.05, 0.1) is 26.4 Å². The van der Waals surface area contributed by atoms with E-state index in [-0.39, 0.29) is 16.7 Å². The second-order valence-corrected chi connectivity index (χ2v) is 10.5. The minimum atomic E-state index is -0.522. The molecule has 2 saturated heterocycles. The third kappa shape index (κ3) is 2.09. The molecule has 0 aromatic carbocycles. The number of ether oxygens (including phenoxy) is 4. The molecule has 3 saturated carbocycles. The van der Waals surface area contributed by atoms with Crippen LogP contribution in [0.25, 0.3) is 0 Å². The molecule has 0 bridgehead atoms. The summed E-state index contributed by atoms with van der Waals surface area (Å²) in [6.45, 7) is 7.31. The quantitative estimate of drug-likeness (QED) is 0.594. The van der Waals surface area contributed by atoms with E-state index in [1.807, 2.05) is 0 Å². The van der Waals surface area contributed by atoms with Crippen LogP contribution in [0, 0.1) is 28.6 Å². The van der Waals surface area contributed by atoms with Crippen molar-refractivity contribution in [3.05, 3.63) is 11.6 Å². The Morgan fingerprint density at radius 1 is 0.929 bits per heavy atom. The number of carbonyl (C=O) groups is 1. The lowest BCUT2D eigenvalue weighted by Gasteiger charge is -2.58. The number of rotatable bonds is 0. The van der Waals surface area contributed by atoms with Gasteiger partial charge < -0.3 is 18.9 Å². The van der Waals surface area contributed by atoms with Crippen molar-refractivity contribution in [3.8, 4) is 0 Å². The lowest BCUT2D eigenvalue weighted by atomic mass is 9.47. The second kappa shape index (κ2) is 5.69. The molecule has 6 aliphatic rings. The molecule has 0 N–H and O–H groups in total. The van der Waals surface area contributed by atoms with Gasteiger partial charge in [-0.2, -0.15) is 0 Å². The summed E-state index contributed by atoms with van der Waals surface area (Å²) in [4.78, 5) is 13.7. The van der Waals surface area contributed by atoms with Gasteiger partial charge in [0.25, 0.3) is 0 Å². The zero-order chi connectivity index (χ0) is 19.2. The predicted molar refractivity (Wildman–Crippen MR) is 101 cm³/mol. The molecule has 5 nitrogen and oxygen atoms in total. The van der Waals surface area contributed by atoms with Crippen LogP contribution in [0.4, 0.5) is 0 Å². The SMILES string of the molecule is C[C@]12CCC3(CC1=CC[C@@H]1[C@H]2C(=O)C[C@@]2(C)[C@H]1CCC21OCCO1)OCCO3. The maximum atomic E-state index is 13.7. The highest BCUT2D eigenvalue weighted by Gasteiger charge is 2.69. The first-order valence-corrected chi connectivity index (χ1v) is 11.2. The largest absolute Gasteiger partial charge is 0.347 e. The Labute approximate surface area is 167 Å². The average molecular weight is 389 g/mol. The van der Waals surface area contributed by atoms with E-state index in [0.29, 0.717) is 50.5 Å². The van der Waals surface area contributed by atoms with Crippen molar-refractivity contribution in [2.75, 3.05) is 26.4 Å². The summed E-state index contributed by atoms with van der Waals surface area (Å²) < 4.78 is 24.4. The Balaban J connectivity index is 1.36. The van der Waals surface area contributed by atoms with E-state index in [9.17, 15) is 4.79 Å². The zero-order valence-electron chi connectivity index (χ0n) is 17.1. The second-order valence-electron chi connectivity index (χ2n) is 10.5. The maximum absolute atomic E-state index is 13.7. The molecule has 2 heterocycles. The van der Waals surface area contributed by atoms with E-state index in [1.165, 1.54) is 5.57 Å². The minimum absolute atomic E-state index is 0.0466. The summed E-state index contributed by atoms with van der Waals surface area (Å²) in [6.07, 6.45) is 8.78. The molecule has 0 unspecified atom stereocenters. The van der Waals surface area contributed by atoms with E-state index in [0.717, 1.165) is 38.5 Å². The van der Waals surface area contributed by atoms with Crippen LogP contribution < -0.4 is 0 Å². The average Bonchev–Trinajstić information content (AvgIpc) is 3.38. The standard InChI is InChI=1S/C23H32O5/c1-20-7-8-22(25-9-10-26-22)13-15(20)3-4-16-17-5-6-23(27-11-12-28-23)21(17,2)14-18(24)19(16)20/h3,16-17,19H,4-14H2,1-2H3/t16-,17-,19-,20-,21-/m0/s1. The highest BCUT2D eigenvalue weighted by atomic mass is 16.7. The van der Waals surface area contributed by atoms with Gasteiger partial charge in [-0.3, -0.25) is 4.79 Å². The van der Waals surface area contributed by atoms with E-state index in [1.54, 1.807) is 0 Å². The van der Waals surface area contributed by atoms with Crippen LogP contribution in [-0.2, 0) is 23.7 Å². The first kappa shape index (κ1) is 18.1. The molecule has 154 valence electrons. The van der Waals surface area contributed by atoms with Crippen molar-refractivity contribution in [1.82, 2.24) is 0 Å². The van der Waals surface area contributed by atoms with E-state index < -0.39 is 11.6 Å². The number of hydrogen-bond acceptors (Lipinski definition) is 5. The number of allylic oxidation sites excluding steroid dienone is 1. The Kier molecular flexibility index (Phi) is 3.67. The molecule has 4 aliphatic carbocycles. The van der Waals surface area contributed by atoms with Crippen molar-refractivity contribution in [3.63, 3.8) is 0 Å². The molecule has 28 heavy (non-hydrogen) atoms. The molecule has 2 spiro atoms. The fourth-order valence-electron chi connectivity index (χ4n) is 8.06. The van der Waals surface area contributed by atoms with Gasteiger partial charge in [0.15, 0.2) is 11.6 Å². The van der Waals surface area contributed by atoms with Crippen LogP contribution in [0.5, 0.6) is 0 Å². The Hall–Kier alpha value is -0.750. The molecule has 0 aromatic rings. The van der Waals surface area contributed by atoms with Crippen molar-refractivity contribution < 1.29 is 23.7 Å². The Bertz CT molecular complexity index is 731. The molecule has 0 amide bonds. The van der Waals surface area contributed by atoms with Gasteiger partial charge in [-0.1, -0.05) is 25.5 Å². The summed E-state index contributed by atoms with van der Waals surface area (Å²) in [5, 5.41) is 0. The van der Waals surface area contributed by atoms with E-state index in [4.69, 9.17) is 18.9 Å². The molecule has 0 aromatic heterocycles. The van der Waals surface area contributed by atoms with Crippen LogP contribution >= 0.6 is 0 Å². The summed E-state index contributed by atoms with van der Waals surface area (Å²) in [5.74, 6) is 0.519. The highest BCUT2D eigenvalue weighted by Crippen LogP contribution is 2.68. The van der Waals surface area contributed by atoms with Gasteiger partial charge in [-0.15, -0.1) is 0 Å². The van der Waals surface area contributed by atoms with Gasteiger partial charge in [0, 0.05) is 37.0 Å². The Morgan fingerprint density at radius 2 is 1.64 bits per heavy atom. The van der Waals surface area contributed by atoms with Gasteiger partial charge in [-0.25, -0.2) is 0 Å². The van der Waals surface area contributed by atoms with E-state index >= 15 is 0 Å². The number of fused-ring (bicyclic) bond motifs is 6. The van der Waals surface area contributed by atoms with Crippen LogP contribution in [0.3, 0.4) is 0 Å². The summed E-state index contributed by atoms with van der Waals surface area (Å²) in [5.41, 5.74) is 1.17. The van der Waals surface area contributed by atoms with Crippen LogP contribution in [-0.4, -0.2) is 43.8 Å². The van der Waals surface area contributed by atoms with Crippen LogP contribution in [0.2, 0.25) is 0 Å². The monoisotopic (exact) mass is 388 g/mol.